The van der Waals surface area contributed by atoms with E-state index in [1.807, 2.05) is 0 Å². The first-order valence-electron chi connectivity index (χ1n) is 11.6. The van der Waals surface area contributed by atoms with Gasteiger partial charge >= 0.3 is 161 Å². The van der Waals surface area contributed by atoms with Crippen molar-refractivity contribution in [2.24, 2.45) is 0 Å². The number of hydrogen-bond donors (Lipinski definition) is 0. The van der Waals surface area contributed by atoms with Gasteiger partial charge in [0.15, 0.2) is 0 Å². The average molecular weight is 501 g/mol. The maximum atomic E-state index is 2.35. The molecule has 0 fully saturated rings. The SMILES string of the molecule is C[Si](C)C(C)(C)C.Cc1cc(C)c(-c2cccc(-c3c(C)cc(C)cc3C)[c]2[Ge])c(C)c1. The fourth-order valence-electron chi connectivity index (χ4n) is 4.18. The van der Waals surface area contributed by atoms with Gasteiger partial charge in [0.05, 0.1) is 0 Å². The molecule has 168 valence electrons. The minimum atomic E-state index is -0.0502. The molecule has 0 saturated heterocycles. The second-order valence-corrected chi connectivity index (χ2v) is 15.1. The molecule has 0 aromatic heterocycles. The third-order valence-electron chi connectivity index (χ3n) is 6.46. The van der Waals surface area contributed by atoms with Gasteiger partial charge in [-0.25, -0.2) is 0 Å². The van der Waals surface area contributed by atoms with E-state index >= 15 is 0 Å². The quantitative estimate of drug-likeness (QED) is 0.311. The minimum absolute atomic E-state index is 0.0502. The van der Waals surface area contributed by atoms with Crippen LogP contribution in [0.4, 0.5) is 0 Å². The van der Waals surface area contributed by atoms with Gasteiger partial charge in [0.1, 0.15) is 0 Å². The second kappa shape index (κ2) is 10.6. The Labute approximate surface area is 207 Å². The second-order valence-electron chi connectivity index (χ2n) is 10.5. The summed E-state index contributed by atoms with van der Waals surface area (Å²) in [6, 6.07) is 15.9. The summed E-state index contributed by atoms with van der Waals surface area (Å²) in [5, 5.41) is 0.602. The number of hydrogen-bond acceptors (Lipinski definition) is 0. The molecule has 3 rings (SSSR count). The van der Waals surface area contributed by atoms with Crippen molar-refractivity contribution >= 4 is 29.7 Å². The van der Waals surface area contributed by atoms with E-state index in [1.54, 1.807) is 0 Å². The maximum absolute atomic E-state index is 2.35. The molecule has 0 nitrogen and oxygen atoms in total. The third kappa shape index (κ3) is 6.26. The van der Waals surface area contributed by atoms with E-state index in [2.05, 4.69) is 134 Å². The van der Waals surface area contributed by atoms with Crippen LogP contribution in [0.2, 0.25) is 18.1 Å². The summed E-state index contributed by atoms with van der Waals surface area (Å²) in [7, 11) is -0.0502. The van der Waals surface area contributed by atoms with E-state index in [0.717, 1.165) is 0 Å². The fraction of sp³-hybridized carbons (Fsp3) is 0.400. The van der Waals surface area contributed by atoms with Crippen molar-refractivity contribution in [3.05, 3.63) is 75.8 Å². The molecule has 0 heterocycles. The van der Waals surface area contributed by atoms with E-state index in [9.17, 15) is 0 Å². The molecule has 2 heteroatoms. The van der Waals surface area contributed by atoms with Crippen molar-refractivity contribution < 1.29 is 0 Å². The van der Waals surface area contributed by atoms with Crippen molar-refractivity contribution in [1.82, 2.24) is 0 Å². The van der Waals surface area contributed by atoms with Crippen molar-refractivity contribution in [2.75, 3.05) is 0 Å². The standard InChI is InChI=1S/C24H25Ge.C6H15Si/c1-14-10-16(3)22(17(4)11-14)20-8-7-9-21(24(20)25)23-18(5)12-15(2)13-19(23)6;1-6(2,3)7(4)5/h7-13H,1-6H3;1-5H3. The molecular formula is C30H40GeSi. The Kier molecular flexibility index (Phi) is 8.81. The molecule has 3 aromatic carbocycles. The zero-order chi connectivity index (χ0) is 24.4. The van der Waals surface area contributed by atoms with Crippen LogP contribution in [0.1, 0.15) is 54.2 Å². The van der Waals surface area contributed by atoms with Crippen molar-refractivity contribution in [3.63, 3.8) is 0 Å². The predicted octanol–water partition coefficient (Wildman–Crippen LogP) is 8.21. The van der Waals surface area contributed by atoms with Gasteiger partial charge in [-0.2, -0.15) is 0 Å². The molecule has 32 heavy (non-hydrogen) atoms. The summed E-state index contributed by atoms with van der Waals surface area (Å²) in [4.78, 5) is 0. The Bertz CT molecular complexity index is 979. The van der Waals surface area contributed by atoms with Gasteiger partial charge in [0.2, 0.25) is 0 Å². The summed E-state index contributed by atoms with van der Waals surface area (Å²) >= 11 is 2.27. The van der Waals surface area contributed by atoms with Gasteiger partial charge in [-0.15, -0.1) is 0 Å². The van der Waals surface area contributed by atoms with Crippen LogP contribution < -0.4 is 4.40 Å². The molecular weight excluding hydrogens is 461 g/mol. The first-order chi connectivity index (χ1) is 14.7. The van der Waals surface area contributed by atoms with Crippen LogP contribution in [0.3, 0.4) is 0 Å². The normalized spacial score (nSPS) is 11.4. The Balaban J connectivity index is 0.000000451. The molecule has 0 aliphatic rings. The van der Waals surface area contributed by atoms with Gasteiger partial charge in [-0.1, -0.05) is 33.9 Å². The van der Waals surface area contributed by atoms with E-state index in [4.69, 9.17) is 0 Å². The monoisotopic (exact) mass is 502 g/mol. The van der Waals surface area contributed by atoms with Crippen LogP contribution in [-0.4, -0.2) is 25.3 Å². The molecule has 0 amide bonds. The summed E-state index contributed by atoms with van der Waals surface area (Å²) in [5.74, 6) is 0. The Morgan fingerprint density at radius 1 is 0.625 bits per heavy atom. The van der Waals surface area contributed by atoms with Gasteiger partial charge < -0.3 is 0 Å². The van der Waals surface area contributed by atoms with E-state index in [0.29, 0.717) is 5.04 Å². The first-order valence-corrected chi connectivity index (χ1v) is 15.1. The molecule has 0 unspecified atom stereocenters. The molecule has 3 aromatic rings. The van der Waals surface area contributed by atoms with Crippen LogP contribution in [0.5, 0.6) is 0 Å². The Morgan fingerprint density at radius 3 is 1.16 bits per heavy atom. The molecule has 0 saturated carbocycles. The van der Waals surface area contributed by atoms with Crippen LogP contribution in [0.15, 0.2) is 42.5 Å². The summed E-state index contributed by atoms with van der Waals surface area (Å²) in [6.45, 7) is 24.9. The van der Waals surface area contributed by atoms with Crippen LogP contribution in [0, 0.1) is 41.5 Å². The van der Waals surface area contributed by atoms with Crippen LogP contribution >= 0.6 is 0 Å². The van der Waals surface area contributed by atoms with Crippen molar-refractivity contribution in [2.45, 2.75) is 80.4 Å². The molecule has 0 aliphatic carbocycles. The van der Waals surface area contributed by atoms with Gasteiger partial charge in [-0.05, 0) is 5.04 Å². The summed E-state index contributed by atoms with van der Waals surface area (Å²) < 4.78 is 1.37. The first kappa shape index (κ1) is 26.7. The van der Waals surface area contributed by atoms with Crippen LogP contribution in [0.25, 0.3) is 22.3 Å². The van der Waals surface area contributed by atoms with Gasteiger partial charge in [-0.3, -0.25) is 0 Å². The number of aryl methyl sites for hydroxylation is 6. The van der Waals surface area contributed by atoms with Crippen molar-refractivity contribution in [3.8, 4) is 22.3 Å². The molecule has 0 bridgehead atoms. The summed E-state index contributed by atoms with van der Waals surface area (Å²) in [6.07, 6.45) is 0. The molecule has 4 radical (unpaired) electrons. The third-order valence-corrected chi connectivity index (χ3v) is 10.6. The average Bonchev–Trinajstić information content (AvgIpc) is 2.62. The fourth-order valence-corrected chi connectivity index (χ4v) is 5.05. The van der Waals surface area contributed by atoms with Crippen molar-refractivity contribution in [1.29, 1.82) is 0 Å². The summed E-state index contributed by atoms with van der Waals surface area (Å²) in [5.41, 5.74) is 13.6. The molecule has 0 spiro atoms. The van der Waals surface area contributed by atoms with E-state index in [1.165, 1.54) is 60.0 Å². The predicted molar refractivity (Wildman–Crippen MR) is 148 cm³/mol. The molecule has 0 atom stereocenters. The van der Waals surface area contributed by atoms with Crippen LogP contribution in [-0.2, 0) is 0 Å². The number of benzene rings is 3. The number of rotatable bonds is 2. The topological polar surface area (TPSA) is 0 Å². The molecule has 0 aliphatic heterocycles. The Hall–Kier alpha value is -1.58. The van der Waals surface area contributed by atoms with Gasteiger partial charge in [0, 0.05) is 8.80 Å². The molecule has 0 N–H and O–H groups in total. The Morgan fingerprint density at radius 2 is 0.906 bits per heavy atom. The zero-order valence-electron chi connectivity index (χ0n) is 22.0. The van der Waals surface area contributed by atoms with Gasteiger partial charge in [0.25, 0.3) is 0 Å². The van der Waals surface area contributed by atoms with E-state index in [-0.39, 0.29) is 8.80 Å². The van der Waals surface area contributed by atoms with E-state index < -0.39 is 0 Å². The zero-order valence-corrected chi connectivity index (χ0v) is 25.1.